The molecule has 0 saturated heterocycles. The van der Waals surface area contributed by atoms with Crippen LogP contribution in [0.25, 0.3) is 0 Å². The first-order valence-electron chi connectivity index (χ1n) is 5.64. The normalized spacial score (nSPS) is 10.2. The largest absolute Gasteiger partial charge is 0.507 e. The first-order chi connectivity index (χ1) is 9.20. The molecule has 0 aliphatic heterocycles. The first-order valence-corrected chi connectivity index (χ1v) is 6.76. The number of alkyl halides is 1. The summed E-state index contributed by atoms with van der Waals surface area (Å²) < 4.78 is 5.52. The molecule has 0 aliphatic carbocycles. The molecule has 1 N–H and O–H groups in total. The Morgan fingerprint density at radius 2 is 2.21 bits per heavy atom. The molecular formula is C14H12BrNO3. The summed E-state index contributed by atoms with van der Waals surface area (Å²) in [5, 5.41) is 9.93. The number of halogens is 1. The molecule has 0 aliphatic rings. The number of carbonyl (C=O) groups is 1. The minimum absolute atomic E-state index is 0.0758. The fourth-order valence-electron chi connectivity index (χ4n) is 1.56. The van der Waals surface area contributed by atoms with Crippen LogP contribution in [-0.4, -0.2) is 21.2 Å². The number of rotatable bonds is 5. The predicted octanol–water partition coefficient (Wildman–Crippen LogP) is 2.94. The molecule has 1 aromatic carbocycles. The van der Waals surface area contributed by atoms with E-state index in [2.05, 4.69) is 20.9 Å². The van der Waals surface area contributed by atoms with Crippen LogP contribution in [0, 0.1) is 0 Å². The van der Waals surface area contributed by atoms with Crippen molar-refractivity contribution in [2.75, 3.05) is 5.33 Å². The molecule has 1 heterocycles. The van der Waals surface area contributed by atoms with Crippen LogP contribution >= 0.6 is 15.9 Å². The molecule has 19 heavy (non-hydrogen) atoms. The van der Waals surface area contributed by atoms with Gasteiger partial charge in [0.05, 0.1) is 10.9 Å². The lowest BCUT2D eigenvalue weighted by atomic mass is 10.1. The lowest BCUT2D eigenvalue weighted by molar-refractivity contribution is 0.102. The lowest BCUT2D eigenvalue weighted by Crippen LogP contribution is -2.01. The number of hydrogen-bond donors (Lipinski definition) is 1. The number of Topliss-reactive ketones (excluding diaryl/α,β-unsaturated/α-hetero) is 1. The summed E-state index contributed by atoms with van der Waals surface area (Å²) in [5.74, 6) is 0.261. The number of ketones is 1. The van der Waals surface area contributed by atoms with Crippen molar-refractivity contribution in [1.82, 2.24) is 4.98 Å². The maximum Gasteiger partial charge on any atom is 0.177 e. The summed E-state index contributed by atoms with van der Waals surface area (Å²) in [5.41, 5.74) is 1.22. The zero-order chi connectivity index (χ0) is 13.7. The zero-order valence-corrected chi connectivity index (χ0v) is 11.6. The average molecular weight is 322 g/mol. The van der Waals surface area contributed by atoms with Crippen LogP contribution in [0.1, 0.15) is 15.9 Å². The Kier molecular flexibility index (Phi) is 4.52. The van der Waals surface area contributed by atoms with E-state index in [1.54, 1.807) is 24.5 Å². The summed E-state index contributed by atoms with van der Waals surface area (Å²) in [6, 6.07) is 8.37. The van der Waals surface area contributed by atoms with Gasteiger partial charge in [0.1, 0.15) is 18.1 Å². The first kappa shape index (κ1) is 13.5. The zero-order valence-electron chi connectivity index (χ0n) is 10.0. The third kappa shape index (κ3) is 3.54. The minimum atomic E-state index is -0.170. The number of hydrogen-bond acceptors (Lipinski definition) is 4. The third-order valence-electron chi connectivity index (χ3n) is 2.52. The van der Waals surface area contributed by atoms with Crippen LogP contribution in [0.15, 0.2) is 42.7 Å². The van der Waals surface area contributed by atoms with Gasteiger partial charge in [0.15, 0.2) is 5.78 Å². The quantitative estimate of drug-likeness (QED) is 0.679. The van der Waals surface area contributed by atoms with E-state index in [9.17, 15) is 9.90 Å². The topological polar surface area (TPSA) is 59.4 Å². The van der Waals surface area contributed by atoms with Gasteiger partial charge in [-0.1, -0.05) is 22.0 Å². The van der Waals surface area contributed by atoms with E-state index < -0.39 is 0 Å². The van der Waals surface area contributed by atoms with Gasteiger partial charge in [0, 0.05) is 24.0 Å². The highest BCUT2D eigenvalue weighted by Crippen LogP contribution is 2.25. The molecule has 0 atom stereocenters. The van der Waals surface area contributed by atoms with Gasteiger partial charge in [-0.3, -0.25) is 9.78 Å². The van der Waals surface area contributed by atoms with Gasteiger partial charge < -0.3 is 9.84 Å². The maximum atomic E-state index is 11.5. The van der Waals surface area contributed by atoms with Crippen molar-refractivity contribution >= 4 is 21.7 Å². The van der Waals surface area contributed by atoms with E-state index in [-0.39, 0.29) is 22.4 Å². The molecule has 98 valence electrons. The van der Waals surface area contributed by atoms with Crippen LogP contribution in [-0.2, 0) is 6.61 Å². The van der Waals surface area contributed by atoms with Crippen LogP contribution in [0.3, 0.4) is 0 Å². The summed E-state index contributed by atoms with van der Waals surface area (Å²) in [6.07, 6.45) is 3.40. The second kappa shape index (κ2) is 6.33. The van der Waals surface area contributed by atoms with Crippen LogP contribution in [0.2, 0.25) is 0 Å². The molecule has 2 rings (SSSR count). The highest BCUT2D eigenvalue weighted by Gasteiger charge is 2.10. The van der Waals surface area contributed by atoms with Crippen LogP contribution < -0.4 is 4.74 Å². The Balaban J connectivity index is 2.06. The SMILES string of the molecule is O=C(CBr)c1ccc(OCc2cccnc2)cc1O. The van der Waals surface area contributed by atoms with Gasteiger partial charge in [-0.05, 0) is 18.2 Å². The molecule has 0 bridgehead atoms. The minimum Gasteiger partial charge on any atom is -0.507 e. The Morgan fingerprint density at radius 1 is 1.37 bits per heavy atom. The Bertz CT molecular complexity index is 572. The predicted molar refractivity (Wildman–Crippen MR) is 74.8 cm³/mol. The summed E-state index contributed by atoms with van der Waals surface area (Å²) in [6.45, 7) is 0.360. The summed E-state index contributed by atoms with van der Waals surface area (Å²) in [4.78, 5) is 15.5. The maximum absolute atomic E-state index is 11.5. The molecule has 0 unspecified atom stereocenters. The van der Waals surface area contributed by atoms with Crippen molar-refractivity contribution in [3.8, 4) is 11.5 Å². The fourth-order valence-corrected chi connectivity index (χ4v) is 1.86. The molecule has 2 aromatic rings. The number of carbonyl (C=O) groups excluding carboxylic acids is 1. The van der Waals surface area contributed by atoms with Crippen molar-refractivity contribution in [2.45, 2.75) is 6.61 Å². The molecular weight excluding hydrogens is 310 g/mol. The van der Waals surface area contributed by atoms with E-state index in [0.29, 0.717) is 12.4 Å². The van der Waals surface area contributed by atoms with E-state index in [0.717, 1.165) is 5.56 Å². The highest BCUT2D eigenvalue weighted by atomic mass is 79.9. The highest BCUT2D eigenvalue weighted by molar-refractivity contribution is 9.09. The molecule has 5 heteroatoms. The number of aromatic nitrogens is 1. The average Bonchev–Trinajstić information content (AvgIpc) is 2.45. The Hall–Kier alpha value is -1.88. The number of pyridine rings is 1. The fraction of sp³-hybridized carbons (Fsp3) is 0.143. The lowest BCUT2D eigenvalue weighted by Gasteiger charge is -2.08. The van der Waals surface area contributed by atoms with Crippen molar-refractivity contribution < 1.29 is 14.6 Å². The molecule has 0 spiro atoms. The molecule has 1 aromatic heterocycles. The molecule has 4 nitrogen and oxygen atoms in total. The van der Waals surface area contributed by atoms with Crippen molar-refractivity contribution in [3.63, 3.8) is 0 Å². The number of aromatic hydroxyl groups is 1. The van der Waals surface area contributed by atoms with Gasteiger partial charge in [-0.25, -0.2) is 0 Å². The second-order valence-electron chi connectivity index (χ2n) is 3.89. The summed E-state index contributed by atoms with van der Waals surface area (Å²) >= 11 is 3.07. The van der Waals surface area contributed by atoms with E-state index >= 15 is 0 Å². The van der Waals surface area contributed by atoms with Gasteiger partial charge in [0.25, 0.3) is 0 Å². The number of phenols is 1. The molecule has 0 radical (unpaired) electrons. The summed E-state index contributed by atoms with van der Waals surface area (Å²) in [7, 11) is 0. The molecule has 0 fully saturated rings. The van der Waals surface area contributed by atoms with Gasteiger partial charge in [0.2, 0.25) is 0 Å². The van der Waals surface area contributed by atoms with Gasteiger partial charge in [-0.2, -0.15) is 0 Å². The van der Waals surface area contributed by atoms with Gasteiger partial charge in [-0.15, -0.1) is 0 Å². The van der Waals surface area contributed by atoms with Crippen molar-refractivity contribution in [2.24, 2.45) is 0 Å². The number of nitrogens with zero attached hydrogens (tertiary/aromatic N) is 1. The third-order valence-corrected chi connectivity index (χ3v) is 3.03. The smallest absolute Gasteiger partial charge is 0.177 e. The van der Waals surface area contributed by atoms with Crippen LogP contribution in [0.5, 0.6) is 11.5 Å². The molecule has 0 amide bonds. The van der Waals surface area contributed by atoms with Crippen molar-refractivity contribution in [1.29, 1.82) is 0 Å². The second-order valence-corrected chi connectivity index (χ2v) is 4.45. The van der Waals surface area contributed by atoms with Crippen LogP contribution in [0.4, 0.5) is 0 Å². The molecule has 0 saturated carbocycles. The number of benzene rings is 1. The monoisotopic (exact) mass is 321 g/mol. The van der Waals surface area contributed by atoms with Crippen molar-refractivity contribution in [3.05, 3.63) is 53.9 Å². The van der Waals surface area contributed by atoms with E-state index in [1.165, 1.54) is 6.07 Å². The Morgan fingerprint density at radius 3 is 2.84 bits per heavy atom. The van der Waals surface area contributed by atoms with E-state index in [4.69, 9.17) is 4.74 Å². The standard InChI is InChI=1S/C14H12BrNO3/c15-7-14(18)12-4-3-11(6-13(12)17)19-9-10-2-1-5-16-8-10/h1-6,8,17H,7,9H2. The van der Waals surface area contributed by atoms with Gasteiger partial charge >= 0.3 is 0 Å². The van der Waals surface area contributed by atoms with E-state index in [1.807, 2.05) is 12.1 Å². The number of ether oxygens (including phenoxy) is 1. The Labute approximate surface area is 119 Å². The number of phenolic OH excluding ortho intramolecular Hbond substituents is 1.